The van der Waals surface area contributed by atoms with Gasteiger partial charge < -0.3 is 9.47 Å². The Hall–Kier alpha value is -1.11. The van der Waals surface area contributed by atoms with Crippen LogP contribution in [-0.4, -0.2) is 40.0 Å². The Morgan fingerprint density at radius 1 is 1.16 bits per heavy atom. The predicted molar refractivity (Wildman–Crippen MR) is 118 cm³/mol. The summed E-state index contributed by atoms with van der Waals surface area (Å²) in [6, 6.07) is -0.398. The largest absolute Gasteiger partial charge is 0.446 e. The lowest BCUT2D eigenvalue weighted by atomic mass is 9.46. The van der Waals surface area contributed by atoms with E-state index in [1.54, 1.807) is 6.08 Å². The van der Waals surface area contributed by atoms with Crippen molar-refractivity contribution in [1.82, 2.24) is 0 Å². The van der Waals surface area contributed by atoms with E-state index in [0.29, 0.717) is 19.3 Å². The van der Waals surface area contributed by atoms with Crippen LogP contribution in [0.1, 0.15) is 58.8 Å². The summed E-state index contributed by atoms with van der Waals surface area (Å²) in [5.74, 6) is -1.80. The lowest BCUT2D eigenvalue weighted by molar-refractivity contribution is -0.203. The highest BCUT2D eigenvalue weighted by Gasteiger charge is 2.71. The molecule has 0 radical (unpaired) electrons. The minimum atomic E-state index is -1.67. The van der Waals surface area contributed by atoms with Crippen LogP contribution in [0.25, 0.3) is 0 Å². The van der Waals surface area contributed by atoms with Gasteiger partial charge in [0.05, 0.1) is 0 Å². The molecule has 1 unspecified atom stereocenters. The molecule has 3 saturated carbocycles. The zero-order chi connectivity index (χ0) is 23.5. The molecule has 9 heteroatoms. The van der Waals surface area contributed by atoms with Crippen LogP contribution in [-0.2, 0) is 28.7 Å². The Bertz CT molecular complexity index is 900. The van der Waals surface area contributed by atoms with E-state index >= 15 is 0 Å². The van der Waals surface area contributed by atoms with E-state index in [1.165, 1.54) is 0 Å². The van der Waals surface area contributed by atoms with E-state index in [4.69, 9.17) is 44.3 Å². The maximum atomic E-state index is 13.7. The summed E-state index contributed by atoms with van der Waals surface area (Å²) in [4.78, 5) is 49.8. The molecule has 0 spiro atoms. The quantitative estimate of drug-likeness (QED) is 0.412. The average Bonchev–Trinajstić information content (AvgIpc) is 3.01. The number of esters is 2. The zero-order valence-corrected chi connectivity index (χ0v) is 20.4. The van der Waals surface area contributed by atoms with E-state index in [0.717, 1.165) is 18.4 Å². The summed E-state index contributed by atoms with van der Waals surface area (Å²) < 4.78 is 10.8. The normalized spacial score (nSPS) is 40.8. The number of rotatable bonds is 4. The molecule has 0 amide bonds. The second kappa shape index (κ2) is 8.28. The van der Waals surface area contributed by atoms with Gasteiger partial charge in [-0.1, -0.05) is 54.2 Å². The molecule has 0 bridgehead atoms. The number of ether oxygens (including phenoxy) is 2. The number of fused-ring (bicyclic) bond motifs is 5. The van der Waals surface area contributed by atoms with Gasteiger partial charge in [0.1, 0.15) is 5.78 Å². The van der Waals surface area contributed by atoms with Crippen LogP contribution < -0.4 is 0 Å². The van der Waals surface area contributed by atoms with E-state index < -0.39 is 33.9 Å². The number of allylic oxidation sites excluding steroid dienone is 1. The summed E-state index contributed by atoms with van der Waals surface area (Å²) >= 11 is 17.1. The molecular formula is C23H27Cl3O6. The summed E-state index contributed by atoms with van der Waals surface area (Å²) in [6.45, 7) is 3.93. The summed E-state index contributed by atoms with van der Waals surface area (Å²) in [5.41, 5.74) is -1.93. The van der Waals surface area contributed by atoms with Gasteiger partial charge in [-0.15, -0.1) is 0 Å². The van der Waals surface area contributed by atoms with Crippen molar-refractivity contribution in [1.29, 1.82) is 0 Å². The molecule has 4 aliphatic rings. The first-order chi connectivity index (χ1) is 15.0. The molecule has 0 aromatic rings. The van der Waals surface area contributed by atoms with Gasteiger partial charge in [0.2, 0.25) is 10.4 Å². The van der Waals surface area contributed by atoms with Crippen molar-refractivity contribution < 1.29 is 28.7 Å². The third-order valence-corrected chi connectivity index (χ3v) is 9.21. The SMILES string of the molecule is C[C@]12CCC(=O)C=C1CC[C@@H]1[C@H]2C(=O)C[C@@]2(C)[C@H]1CCC2(OC(=O)C(Cl)Cl)C(=O)OCCl. The molecular weight excluding hydrogens is 479 g/mol. The number of hydrogen-bond acceptors (Lipinski definition) is 6. The molecule has 0 heterocycles. The maximum absolute atomic E-state index is 13.7. The third kappa shape index (κ3) is 3.35. The van der Waals surface area contributed by atoms with Crippen molar-refractivity contribution in [3.8, 4) is 0 Å². The highest BCUT2D eigenvalue weighted by Crippen LogP contribution is 2.67. The van der Waals surface area contributed by atoms with Gasteiger partial charge in [0, 0.05) is 24.2 Å². The molecule has 4 aliphatic carbocycles. The maximum Gasteiger partial charge on any atom is 0.352 e. The minimum Gasteiger partial charge on any atom is -0.446 e. The molecule has 6 atom stereocenters. The number of Topliss-reactive ketones (excluding diaryl/α,β-unsaturated/α-hetero) is 1. The van der Waals surface area contributed by atoms with E-state index in [9.17, 15) is 19.2 Å². The van der Waals surface area contributed by atoms with Crippen LogP contribution in [0.2, 0.25) is 0 Å². The zero-order valence-electron chi connectivity index (χ0n) is 18.1. The first kappa shape index (κ1) is 24.0. The molecule has 0 N–H and O–H groups in total. The topological polar surface area (TPSA) is 86.7 Å². The second-order valence-corrected chi connectivity index (χ2v) is 11.3. The predicted octanol–water partition coefficient (Wildman–Crippen LogP) is 4.52. The molecule has 0 aliphatic heterocycles. The average molecular weight is 506 g/mol. The van der Waals surface area contributed by atoms with Crippen molar-refractivity contribution in [3.63, 3.8) is 0 Å². The Morgan fingerprint density at radius 2 is 1.88 bits per heavy atom. The summed E-state index contributed by atoms with van der Waals surface area (Å²) in [6.07, 6.45) is 5.19. The van der Waals surface area contributed by atoms with Gasteiger partial charge in [-0.2, -0.15) is 0 Å². The minimum absolute atomic E-state index is 0.0174. The fourth-order valence-corrected chi connectivity index (χ4v) is 7.49. The van der Waals surface area contributed by atoms with Crippen molar-refractivity contribution in [2.45, 2.75) is 69.2 Å². The molecule has 0 aromatic heterocycles. The smallest absolute Gasteiger partial charge is 0.352 e. The standard InChI is InChI=1S/C23H27Cl3O6/c1-21-7-5-13(27)9-12(21)3-4-14-15-6-8-23(20(30)31-11-24,32-19(29)18(25)26)22(15,2)10-16(28)17(14)21/h9,14-15,17-18H,3-8,10-11H2,1-2H3/t14-,15-,17-,21-,22-,23?/m0/s1. The third-order valence-electron chi connectivity index (χ3n) is 8.74. The van der Waals surface area contributed by atoms with Crippen LogP contribution in [0.4, 0.5) is 0 Å². The van der Waals surface area contributed by atoms with Crippen molar-refractivity contribution in [3.05, 3.63) is 11.6 Å². The summed E-state index contributed by atoms with van der Waals surface area (Å²) in [5, 5.41) is 0. The Morgan fingerprint density at radius 3 is 2.53 bits per heavy atom. The van der Waals surface area contributed by atoms with Crippen molar-refractivity contribution >= 4 is 58.3 Å². The Labute approximate surface area is 202 Å². The number of alkyl halides is 3. The van der Waals surface area contributed by atoms with Crippen molar-refractivity contribution in [2.24, 2.45) is 28.6 Å². The van der Waals surface area contributed by atoms with Crippen LogP contribution in [0, 0.1) is 28.6 Å². The molecule has 176 valence electrons. The first-order valence-electron chi connectivity index (χ1n) is 11.0. The van der Waals surface area contributed by atoms with Gasteiger partial charge in [-0.05, 0) is 55.4 Å². The number of halogens is 3. The lowest BCUT2D eigenvalue weighted by Crippen LogP contribution is -2.62. The Balaban J connectivity index is 1.75. The first-order valence-corrected chi connectivity index (χ1v) is 12.4. The fourth-order valence-electron chi connectivity index (χ4n) is 7.30. The van der Waals surface area contributed by atoms with E-state index in [-0.39, 0.29) is 47.6 Å². The molecule has 4 rings (SSSR count). The molecule has 3 fully saturated rings. The lowest BCUT2D eigenvalue weighted by Gasteiger charge is -2.57. The number of carbonyl (C=O) groups excluding carboxylic acids is 4. The molecule has 0 aromatic carbocycles. The molecule has 32 heavy (non-hydrogen) atoms. The van der Waals surface area contributed by atoms with Gasteiger partial charge in [0.15, 0.2) is 11.8 Å². The highest BCUT2D eigenvalue weighted by molar-refractivity contribution is 6.53. The fraction of sp³-hybridized carbons (Fsp3) is 0.739. The number of ketones is 2. The highest BCUT2D eigenvalue weighted by atomic mass is 35.5. The van der Waals surface area contributed by atoms with Gasteiger partial charge in [-0.25, -0.2) is 9.59 Å². The summed E-state index contributed by atoms with van der Waals surface area (Å²) in [7, 11) is 0. The van der Waals surface area contributed by atoms with Gasteiger partial charge >= 0.3 is 11.9 Å². The van der Waals surface area contributed by atoms with Crippen LogP contribution in [0.15, 0.2) is 11.6 Å². The number of carbonyl (C=O) groups is 4. The van der Waals surface area contributed by atoms with Crippen LogP contribution in [0.5, 0.6) is 0 Å². The molecule has 0 saturated heterocycles. The van der Waals surface area contributed by atoms with E-state index in [2.05, 4.69) is 6.92 Å². The van der Waals surface area contributed by atoms with Crippen LogP contribution in [0.3, 0.4) is 0 Å². The van der Waals surface area contributed by atoms with Gasteiger partial charge in [-0.3, -0.25) is 9.59 Å². The molecule has 6 nitrogen and oxygen atoms in total. The van der Waals surface area contributed by atoms with Crippen molar-refractivity contribution in [2.75, 3.05) is 6.07 Å². The van der Waals surface area contributed by atoms with E-state index in [1.807, 2.05) is 6.92 Å². The van der Waals surface area contributed by atoms with Gasteiger partial charge in [0.25, 0.3) is 0 Å². The number of hydrogen-bond donors (Lipinski definition) is 0. The van der Waals surface area contributed by atoms with Crippen LogP contribution >= 0.6 is 34.8 Å². The monoisotopic (exact) mass is 504 g/mol. The Kier molecular flexibility index (Phi) is 6.22. The second-order valence-electron chi connectivity index (χ2n) is 10.0.